The van der Waals surface area contributed by atoms with Crippen LogP contribution in [0.2, 0.25) is 0 Å². The van der Waals surface area contributed by atoms with Crippen LogP contribution in [0, 0.1) is 21.8 Å². The third-order valence-corrected chi connectivity index (χ3v) is 7.96. The van der Waals surface area contributed by atoms with Gasteiger partial charge in [0.1, 0.15) is 10.7 Å². The molecule has 3 aromatic rings. The van der Waals surface area contributed by atoms with Crippen molar-refractivity contribution >= 4 is 48.3 Å². The van der Waals surface area contributed by atoms with Gasteiger partial charge in [-0.1, -0.05) is 23.5 Å². The first-order valence-electron chi connectivity index (χ1n) is 9.36. The lowest BCUT2D eigenvalue weighted by atomic mass is 9.97. The molecule has 0 unspecified atom stereocenters. The highest BCUT2D eigenvalue weighted by Gasteiger charge is 2.33. The van der Waals surface area contributed by atoms with Gasteiger partial charge in [0.25, 0.3) is 5.69 Å². The predicted molar refractivity (Wildman–Crippen MR) is 113 cm³/mol. The lowest BCUT2D eigenvalue weighted by Gasteiger charge is -2.30. The summed E-state index contributed by atoms with van der Waals surface area (Å²) in [7, 11) is -3.97. The number of nitrogens with zero attached hydrogens (tertiary/aromatic N) is 3. The molecule has 0 radical (unpaired) electrons. The number of hydrogen-bond acceptors (Lipinski definition) is 7. The number of halogens is 1. The zero-order valence-electron chi connectivity index (χ0n) is 16.0. The largest absolute Gasteiger partial charge is 0.302 e. The van der Waals surface area contributed by atoms with Gasteiger partial charge in [-0.3, -0.25) is 14.9 Å². The van der Waals surface area contributed by atoms with Crippen molar-refractivity contribution in [1.29, 1.82) is 0 Å². The van der Waals surface area contributed by atoms with Gasteiger partial charge < -0.3 is 5.32 Å². The van der Waals surface area contributed by atoms with Gasteiger partial charge in [0.05, 0.1) is 15.1 Å². The van der Waals surface area contributed by atoms with Crippen LogP contribution in [-0.2, 0) is 14.8 Å². The van der Waals surface area contributed by atoms with E-state index in [9.17, 15) is 27.7 Å². The van der Waals surface area contributed by atoms with Crippen LogP contribution in [0.3, 0.4) is 0 Å². The fourth-order valence-corrected chi connectivity index (χ4v) is 5.88. The molecule has 1 aliphatic heterocycles. The van der Waals surface area contributed by atoms with Gasteiger partial charge >= 0.3 is 0 Å². The molecule has 1 aromatic heterocycles. The van der Waals surface area contributed by atoms with Crippen LogP contribution in [0.15, 0.2) is 47.4 Å². The normalized spacial score (nSPS) is 15.8. The van der Waals surface area contributed by atoms with Crippen LogP contribution in [0.4, 0.5) is 15.2 Å². The van der Waals surface area contributed by atoms with Gasteiger partial charge in [0.15, 0.2) is 5.13 Å². The van der Waals surface area contributed by atoms with E-state index in [1.165, 1.54) is 40.7 Å². The Morgan fingerprint density at radius 3 is 2.61 bits per heavy atom. The van der Waals surface area contributed by atoms with E-state index >= 15 is 0 Å². The number of rotatable bonds is 5. The number of thiazole rings is 1. The topological polar surface area (TPSA) is 123 Å². The first-order chi connectivity index (χ1) is 14.8. The molecule has 1 amide bonds. The molecule has 1 fully saturated rings. The van der Waals surface area contributed by atoms with Gasteiger partial charge in [-0.05, 0) is 31.0 Å². The minimum Gasteiger partial charge on any atom is -0.302 e. The van der Waals surface area contributed by atoms with Crippen LogP contribution in [0.25, 0.3) is 10.2 Å². The number of carbonyl (C=O) groups is 1. The fraction of sp³-hybridized carbons (Fsp3) is 0.263. The Kier molecular flexibility index (Phi) is 5.69. The molecule has 0 atom stereocenters. The van der Waals surface area contributed by atoms with E-state index < -0.39 is 26.7 Å². The van der Waals surface area contributed by atoms with E-state index in [-0.39, 0.29) is 42.4 Å². The van der Waals surface area contributed by atoms with E-state index in [0.717, 1.165) is 17.4 Å². The van der Waals surface area contributed by atoms with E-state index in [2.05, 4.69) is 10.3 Å². The van der Waals surface area contributed by atoms with E-state index in [0.29, 0.717) is 15.3 Å². The van der Waals surface area contributed by atoms with Gasteiger partial charge in [0, 0.05) is 31.1 Å². The number of nitrogens with one attached hydrogen (secondary N) is 1. The Balaban J connectivity index is 1.41. The molecule has 1 saturated heterocycles. The molecule has 162 valence electrons. The Morgan fingerprint density at radius 1 is 1.23 bits per heavy atom. The molecule has 0 aliphatic carbocycles. The third-order valence-electron chi connectivity index (χ3n) is 5.09. The SMILES string of the molecule is O=C(Nc1nc2ccc([N+](=O)[O-])cc2s1)C1CCN(S(=O)(=O)c2ccccc2F)CC1. The quantitative estimate of drug-likeness (QED) is 0.456. The highest BCUT2D eigenvalue weighted by molar-refractivity contribution is 7.89. The average molecular weight is 465 g/mol. The number of non-ortho nitro benzene ring substituents is 1. The summed E-state index contributed by atoms with van der Waals surface area (Å²) < 4.78 is 41.1. The second-order valence-corrected chi connectivity index (χ2v) is 9.96. The number of benzene rings is 2. The van der Waals surface area contributed by atoms with Crippen molar-refractivity contribution in [3.05, 3.63) is 58.4 Å². The molecule has 1 aliphatic rings. The van der Waals surface area contributed by atoms with Gasteiger partial charge in [0.2, 0.25) is 15.9 Å². The molecule has 2 aromatic carbocycles. The number of aromatic nitrogens is 1. The number of hydrogen-bond donors (Lipinski definition) is 1. The lowest BCUT2D eigenvalue weighted by Crippen LogP contribution is -2.41. The number of nitro groups is 1. The van der Waals surface area contributed by atoms with Crippen LogP contribution >= 0.6 is 11.3 Å². The Morgan fingerprint density at radius 2 is 1.94 bits per heavy atom. The maximum Gasteiger partial charge on any atom is 0.270 e. The Bertz CT molecular complexity index is 1270. The molecule has 4 rings (SSSR count). The number of nitro benzene ring substituents is 1. The Labute approximate surface area is 180 Å². The lowest BCUT2D eigenvalue weighted by molar-refractivity contribution is -0.384. The molecular formula is C19H17FN4O5S2. The van der Waals surface area contributed by atoms with Crippen molar-refractivity contribution in [2.45, 2.75) is 17.7 Å². The molecule has 1 N–H and O–H groups in total. The number of carbonyl (C=O) groups excluding carboxylic acids is 1. The van der Waals surface area contributed by atoms with Crippen molar-refractivity contribution in [2.24, 2.45) is 5.92 Å². The van der Waals surface area contributed by atoms with E-state index in [1.54, 1.807) is 0 Å². The van der Waals surface area contributed by atoms with E-state index in [1.807, 2.05) is 0 Å². The summed E-state index contributed by atoms with van der Waals surface area (Å²) in [5.74, 6) is -1.52. The van der Waals surface area contributed by atoms with Crippen molar-refractivity contribution in [1.82, 2.24) is 9.29 Å². The number of amides is 1. The van der Waals surface area contributed by atoms with Crippen molar-refractivity contribution in [3.63, 3.8) is 0 Å². The monoisotopic (exact) mass is 464 g/mol. The summed E-state index contributed by atoms with van der Waals surface area (Å²) in [4.78, 5) is 26.9. The summed E-state index contributed by atoms with van der Waals surface area (Å²) in [5, 5.41) is 13.9. The van der Waals surface area contributed by atoms with Crippen LogP contribution in [0.5, 0.6) is 0 Å². The number of sulfonamides is 1. The van der Waals surface area contributed by atoms with Crippen molar-refractivity contribution in [2.75, 3.05) is 18.4 Å². The minimum absolute atomic E-state index is 0.0579. The van der Waals surface area contributed by atoms with Crippen molar-refractivity contribution in [3.8, 4) is 0 Å². The van der Waals surface area contributed by atoms with Crippen molar-refractivity contribution < 1.29 is 22.5 Å². The highest BCUT2D eigenvalue weighted by atomic mass is 32.2. The molecule has 0 spiro atoms. The molecule has 0 bridgehead atoms. The number of fused-ring (bicyclic) bond motifs is 1. The summed E-state index contributed by atoms with van der Waals surface area (Å²) in [6.07, 6.45) is 0.575. The van der Waals surface area contributed by atoms with Gasteiger partial charge in [-0.25, -0.2) is 17.8 Å². The molecular weight excluding hydrogens is 447 g/mol. The molecule has 31 heavy (non-hydrogen) atoms. The summed E-state index contributed by atoms with van der Waals surface area (Å²) in [6, 6.07) is 9.47. The highest BCUT2D eigenvalue weighted by Crippen LogP contribution is 2.31. The maximum absolute atomic E-state index is 13.9. The zero-order valence-corrected chi connectivity index (χ0v) is 17.7. The second-order valence-electron chi connectivity index (χ2n) is 7.03. The number of anilines is 1. The van der Waals surface area contributed by atoms with Crippen LogP contribution in [-0.4, -0.2) is 41.6 Å². The second kappa shape index (κ2) is 8.29. The van der Waals surface area contributed by atoms with E-state index in [4.69, 9.17) is 0 Å². The van der Waals surface area contributed by atoms with Gasteiger partial charge in [-0.15, -0.1) is 0 Å². The molecule has 9 nitrogen and oxygen atoms in total. The molecule has 12 heteroatoms. The first-order valence-corrected chi connectivity index (χ1v) is 11.6. The summed E-state index contributed by atoms with van der Waals surface area (Å²) in [5.41, 5.74) is 0.481. The predicted octanol–water partition coefficient (Wildman–Crippen LogP) is 3.38. The minimum atomic E-state index is -3.97. The molecule has 0 saturated carbocycles. The van der Waals surface area contributed by atoms with Crippen LogP contribution < -0.4 is 5.32 Å². The standard InChI is InChI=1S/C19H17FN4O5S2/c20-14-3-1-2-4-17(14)31(28,29)23-9-7-12(8-10-23)18(25)22-19-21-15-6-5-13(24(26)27)11-16(15)30-19/h1-6,11-12H,7-10H2,(H,21,22,25). The zero-order chi connectivity index (χ0) is 22.2. The smallest absolute Gasteiger partial charge is 0.270 e. The number of piperidine rings is 1. The van der Waals surface area contributed by atoms with Crippen LogP contribution in [0.1, 0.15) is 12.8 Å². The summed E-state index contributed by atoms with van der Waals surface area (Å²) in [6.45, 7) is 0.196. The first kappa shape index (κ1) is 21.3. The average Bonchev–Trinajstić information content (AvgIpc) is 3.15. The third kappa shape index (κ3) is 4.27. The molecule has 2 heterocycles. The maximum atomic E-state index is 13.9. The summed E-state index contributed by atoms with van der Waals surface area (Å²) >= 11 is 1.13. The fourth-order valence-electron chi connectivity index (χ4n) is 3.44. The Hall–Kier alpha value is -2.96. The van der Waals surface area contributed by atoms with Gasteiger partial charge in [-0.2, -0.15) is 4.31 Å².